The zero-order valence-corrected chi connectivity index (χ0v) is 13.6. The van der Waals surface area contributed by atoms with E-state index in [1.807, 2.05) is 37.3 Å². The Morgan fingerprint density at radius 2 is 1.91 bits per heavy atom. The first-order chi connectivity index (χ1) is 10.6. The van der Waals surface area contributed by atoms with Gasteiger partial charge in [0.2, 0.25) is 10.0 Å². The molecule has 0 aromatic heterocycles. The van der Waals surface area contributed by atoms with Gasteiger partial charge >= 0.3 is 0 Å². The molecule has 0 saturated carbocycles. The van der Waals surface area contributed by atoms with E-state index in [2.05, 4.69) is 0 Å². The van der Waals surface area contributed by atoms with Crippen LogP contribution >= 0.6 is 0 Å². The normalized spacial score (nSPS) is 16.5. The first kappa shape index (κ1) is 15.1. The molecule has 1 aliphatic rings. The number of sulfonamides is 1. The van der Waals surface area contributed by atoms with Crippen LogP contribution in [0.25, 0.3) is 11.1 Å². The molecule has 0 unspecified atom stereocenters. The minimum Gasteiger partial charge on any atom is -0.497 e. The Labute approximate surface area is 131 Å². The van der Waals surface area contributed by atoms with Gasteiger partial charge in [0.25, 0.3) is 0 Å². The van der Waals surface area contributed by atoms with Crippen molar-refractivity contribution < 1.29 is 13.2 Å². The van der Waals surface area contributed by atoms with Gasteiger partial charge in [0.05, 0.1) is 12.0 Å². The van der Waals surface area contributed by atoms with Gasteiger partial charge in [-0.15, -0.1) is 0 Å². The molecular formula is C17H19NO3S. The van der Waals surface area contributed by atoms with Crippen LogP contribution in [0.3, 0.4) is 0 Å². The molecule has 2 aromatic carbocycles. The van der Waals surface area contributed by atoms with Crippen molar-refractivity contribution >= 4 is 10.0 Å². The van der Waals surface area contributed by atoms with Crippen molar-refractivity contribution in [1.82, 2.24) is 4.31 Å². The number of fused-ring (bicyclic) bond motifs is 3. The van der Waals surface area contributed by atoms with Crippen LogP contribution in [0.15, 0.2) is 47.4 Å². The summed E-state index contributed by atoms with van der Waals surface area (Å²) < 4.78 is 32.7. The summed E-state index contributed by atoms with van der Waals surface area (Å²) in [6.07, 6.45) is 0.778. The number of hydrogen-bond acceptors (Lipinski definition) is 3. The molecule has 0 saturated heterocycles. The summed E-state index contributed by atoms with van der Waals surface area (Å²) in [6, 6.07) is 12.9. The molecule has 0 amide bonds. The van der Waals surface area contributed by atoms with E-state index < -0.39 is 10.0 Å². The van der Waals surface area contributed by atoms with Gasteiger partial charge in [-0.3, -0.25) is 0 Å². The van der Waals surface area contributed by atoms with E-state index in [9.17, 15) is 8.42 Å². The van der Waals surface area contributed by atoms with E-state index in [1.54, 1.807) is 23.5 Å². The van der Waals surface area contributed by atoms with Gasteiger partial charge in [-0.1, -0.05) is 31.2 Å². The Kier molecular flexibility index (Phi) is 3.93. The topological polar surface area (TPSA) is 46.6 Å². The highest BCUT2D eigenvalue weighted by molar-refractivity contribution is 7.89. The highest BCUT2D eigenvalue weighted by Crippen LogP contribution is 2.37. The van der Waals surface area contributed by atoms with Crippen LogP contribution < -0.4 is 4.74 Å². The third kappa shape index (κ3) is 2.40. The molecule has 1 heterocycles. The van der Waals surface area contributed by atoms with Crippen LogP contribution in [-0.2, 0) is 16.6 Å². The fourth-order valence-electron chi connectivity index (χ4n) is 2.87. The second-order valence-electron chi connectivity index (χ2n) is 5.36. The summed E-state index contributed by atoms with van der Waals surface area (Å²) in [7, 11) is -1.86. The monoisotopic (exact) mass is 317 g/mol. The molecule has 1 aliphatic heterocycles. The van der Waals surface area contributed by atoms with Crippen molar-refractivity contribution in [3.8, 4) is 16.9 Å². The van der Waals surface area contributed by atoms with Crippen molar-refractivity contribution in [3.05, 3.63) is 48.0 Å². The van der Waals surface area contributed by atoms with Gasteiger partial charge in [0.1, 0.15) is 5.75 Å². The molecule has 0 aliphatic carbocycles. The van der Waals surface area contributed by atoms with Crippen molar-refractivity contribution in [3.63, 3.8) is 0 Å². The quantitative estimate of drug-likeness (QED) is 0.873. The SMILES string of the molecule is CCCN1Cc2cc(OC)ccc2-c2ccccc2S1(=O)=O. The van der Waals surface area contributed by atoms with Crippen molar-refractivity contribution in [2.75, 3.05) is 13.7 Å². The van der Waals surface area contributed by atoms with Crippen molar-refractivity contribution in [2.24, 2.45) is 0 Å². The highest BCUT2D eigenvalue weighted by Gasteiger charge is 2.31. The molecule has 0 atom stereocenters. The molecule has 0 spiro atoms. The van der Waals surface area contributed by atoms with Crippen LogP contribution in [0.5, 0.6) is 5.75 Å². The predicted molar refractivity (Wildman–Crippen MR) is 86.3 cm³/mol. The third-order valence-corrected chi connectivity index (χ3v) is 5.83. The first-order valence-electron chi connectivity index (χ1n) is 7.34. The molecule has 5 heteroatoms. The Morgan fingerprint density at radius 3 is 2.64 bits per heavy atom. The Morgan fingerprint density at radius 1 is 1.14 bits per heavy atom. The number of nitrogens with zero attached hydrogens (tertiary/aromatic N) is 1. The van der Waals surface area contributed by atoms with E-state index in [1.165, 1.54) is 0 Å². The fraction of sp³-hybridized carbons (Fsp3) is 0.294. The number of hydrogen-bond donors (Lipinski definition) is 0. The molecule has 0 bridgehead atoms. The average Bonchev–Trinajstić information content (AvgIpc) is 2.62. The van der Waals surface area contributed by atoms with Gasteiger partial charge in [-0.25, -0.2) is 8.42 Å². The Balaban J connectivity index is 2.28. The van der Waals surface area contributed by atoms with Gasteiger partial charge in [-0.2, -0.15) is 4.31 Å². The lowest BCUT2D eigenvalue weighted by Crippen LogP contribution is -2.30. The summed E-state index contributed by atoms with van der Waals surface area (Å²) in [6.45, 7) is 2.86. The average molecular weight is 317 g/mol. The maximum atomic E-state index is 12.9. The summed E-state index contributed by atoms with van der Waals surface area (Å²) in [5.41, 5.74) is 2.69. The molecule has 0 N–H and O–H groups in total. The largest absolute Gasteiger partial charge is 0.497 e. The van der Waals surface area contributed by atoms with Crippen LogP contribution in [0.1, 0.15) is 18.9 Å². The predicted octanol–water partition coefficient (Wildman–Crippen LogP) is 3.28. The summed E-state index contributed by atoms with van der Waals surface area (Å²) in [5.74, 6) is 0.743. The summed E-state index contributed by atoms with van der Waals surface area (Å²) in [4.78, 5) is 0.382. The lowest BCUT2D eigenvalue weighted by atomic mass is 9.99. The smallest absolute Gasteiger partial charge is 0.243 e. The van der Waals surface area contributed by atoms with Crippen LogP contribution in [-0.4, -0.2) is 26.4 Å². The number of methoxy groups -OCH3 is 1. The Bertz CT molecular complexity index is 799. The van der Waals surface area contributed by atoms with E-state index >= 15 is 0 Å². The fourth-order valence-corrected chi connectivity index (χ4v) is 4.58. The van der Waals surface area contributed by atoms with Gasteiger partial charge in [0, 0.05) is 18.7 Å². The van der Waals surface area contributed by atoms with Gasteiger partial charge in [0.15, 0.2) is 0 Å². The minimum atomic E-state index is -3.48. The number of rotatable bonds is 3. The first-order valence-corrected chi connectivity index (χ1v) is 8.78. The molecule has 2 aromatic rings. The van der Waals surface area contributed by atoms with Crippen LogP contribution in [0.2, 0.25) is 0 Å². The molecular weight excluding hydrogens is 298 g/mol. The lowest BCUT2D eigenvalue weighted by Gasteiger charge is -2.20. The molecule has 0 radical (unpaired) electrons. The van der Waals surface area contributed by atoms with E-state index in [-0.39, 0.29) is 0 Å². The summed E-state index contributed by atoms with van der Waals surface area (Å²) in [5, 5.41) is 0. The number of benzene rings is 2. The van der Waals surface area contributed by atoms with Crippen molar-refractivity contribution in [2.45, 2.75) is 24.8 Å². The summed E-state index contributed by atoms with van der Waals surface area (Å²) >= 11 is 0. The molecule has 116 valence electrons. The van der Waals surface area contributed by atoms with E-state index in [0.717, 1.165) is 28.9 Å². The number of ether oxygens (including phenoxy) is 1. The second kappa shape index (κ2) is 5.74. The minimum absolute atomic E-state index is 0.372. The maximum Gasteiger partial charge on any atom is 0.243 e. The third-order valence-electron chi connectivity index (χ3n) is 3.93. The van der Waals surface area contributed by atoms with Gasteiger partial charge < -0.3 is 4.74 Å². The standard InChI is InChI=1S/C17H19NO3S/c1-3-10-18-12-13-11-14(21-2)8-9-15(13)16-6-4-5-7-17(16)22(18,19)20/h4-9,11H,3,10,12H2,1-2H3. The molecule has 22 heavy (non-hydrogen) atoms. The van der Waals surface area contributed by atoms with Gasteiger partial charge in [-0.05, 0) is 35.7 Å². The van der Waals surface area contributed by atoms with E-state index in [0.29, 0.717) is 18.0 Å². The Hall–Kier alpha value is -1.85. The molecule has 0 fully saturated rings. The van der Waals surface area contributed by atoms with Crippen LogP contribution in [0, 0.1) is 0 Å². The maximum absolute atomic E-state index is 12.9. The van der Waals surface area contributed by atoms with Crippen molar-refractivity contribution in [1.29, 1.82) is 0 Å². The van der Waals surface area contributed by atoms with E-state index in [4.69, 9.17) is 4.74 Å². The second-order valence-corrected chi connectivity index (χ2v) is 7.26. The zero-order valence-electron chi connectivity index (χ0n) is 12.7. The molecule has 3 rings (SSSR count). The molecule has 4 nitrogen and oxygen atoms in total. The zero-order chi connectivity index (χ0) is 15.7. The lowest BCUT2D eigenvalue weighted by molar-refractivity contribution is 0.401. The highest BCUT2D eigenvalue weighted by atomic mass is 32.2. The van der Waals surface area contributed by atoms with Crippen LogP contribution in [0.4, 0.5) is 0 Å².